The Kier molecular flexibility index (Phi) is 4.53. The number of anilines is 1. The summed E-state index contributed by atoms with van der Waals surface area (Å²) in [5, 5.41) is 4.19. The van der Waals surface area contributed by atoms with Gasteiger partial charge >= 0.3 is 0 Å². The molecule has 1 N–H and O–H groups in total. The molecule has 0 aliphatic heterocycles. The van der Waals surface area contributed by atoms with E-state index in [0.717, 1.165) is 10.8 Å². The predicted octanol–water partition coefficient (Wildman–Crippen LogP) is 2.67. The van der Waals surface area contributed by atoms with Crippen molar-refractivity contribution in [3.05, 3.63) is 53.8 Å². The summed E-state index contributed by atoms with van der Waals surface area (Å²) in [6, 6.07) is 9.32. The van der Waals surface area contributed by atoms with E-state index in [1.165, 1.54) is 20.2 Å². The van der Waals surface area contributed by atoms with Crippen molar-refractivity contribution >= 4 is 11.6 Å². The summed E-state index contributed by atoms with van der Waals surface area (Å²) in [7, 11) is 2.93. The Labute approximate surface area is 117 Å². The number of rotatable bonds is 4. The van der Waals surface area contributed by atoms with Crippen molar-refractivity contribution in [1.29, 1.82) is 0 Å². The number of hydroxylamine groups is 2. The van der Waals surface area contributed by atoms with E-state index in [0.29, 0.717) is 11.3 Å². The van der Waals surface area contributed by atoms with E-state index in [2.05, 4.69) is 5.32 Å². The van der Waals surface area contributed by atoms with Crippen molar-refractivity contribution in [1.82, 2.24) is 5.06 Å². The van der Waals surface area contributed by atoms with E-state index in [9.17, 15) is 9.18 Å². The quantitative estimate of drug-likeness (QED) is 0.860. The highest BCUT2D eigenvalue weighted by Gasteiger charge is 2.23. The number of alkyl halides is 1. The van der Waals surface area contributed by atoms with Crippen LogP contribution >= 0.6 is 0 Å². The molecular formula is C15H17FN2O2. The number of nitrogens with one attached hydrogen (secondary N) is 1. The zero-order valence-corrected chi connectivity index (χ0v) is 11.5. The first-order valence-electron chi connectivity index (χ1n) is 6.32. The van der Waals surface area contributed by atoms with E-state index < -0.39 is 6.17 Å². The highest BCUT2D eigenvalue weighted by molar-refractivity contribution is 5.98. The van der Waals surface area contributed by atoms with Gasteiger partial charge < -0.3 is 5.32 Å². The third-order valence-electron chi connectivity index (χ3n) is 3.03. The number of allylic oxidation sites excluding steroid dienone is 2. The predicted molar refractivity (Wildman–Crippen MR) is 75.5 cm³/mol. The lowest BCUT2D eigenvalue weighted by Gasteiger charge is -2.22. The largest absolute Gasteiger partial charge is 0.355 e. The van der Waals surface area contributed by atoms with Crippen LogP contribution in [0.1, 0.15) is 6.42 Å². The Bertz CT molecular complexity index is 540. The van der Waals surface area contributed by atoms with Gasteiger partial charge in [-0.2, -0.15) is 0 Å². The van der Waals surface area contributed by atoms with Gasteiger partial charge in [-0.05, 0) is 18.2 Å². The molecule has 0 fully saturated rings. The molecule has 2 rings (SSSR count). The number of carbonyl (C=O) groups is 1. The van der Waals surface area contributed by atoms with Gasteiger partial charge in [-0.25, -0.2) is 9.45 Å². The smallest absolute Gasteiger partial charge is 0.278 e. The fraction of sp³-hybridized carbons (Fsp3) is 0.267. The van der Waals surface area contributed by atoms with Crippen LogP contribution in [0.15, 0.2) is 53.8 Å². The third kappa shape index (κ3) is 3.24. The third-order valence-corrected chi connectivity index (χ3v) is 3.03. The maximum Gasteiger partial charge on any atom is 0.278 e. The molecule has 0 saturated carbocycles. The van der Waals surface area contributed by atoms with Crippen molar-refractivity contribution < 1.29 is 14.0 Å². The minimum Gasteiger partial charge on any atom is -0.355 e. The van der Waals surface area contributed by atoms with Gasteiger partial charge in [0.1, 0.15) is 6.17 Å². The molecule has 0 saturated heterocycles. The van der Waals surface area contributed by atoms with Gasteiger partial charge in [-0.3, -0.25) is 9.63 Å². The molecule has 1 aliphatic carbocycles. The lowest BCUT2D eigenvalue weighted by atomic mass is 10.0. The number of hydrogen-bond donors (Lipinski definition) is 1. The first-order chi connectivity index (χ1) is 9.61. The van der Waals surface area contributed by atoms with E-state index in [-0.39, 0.29) is 12.3 Å². The summed E-state index contributed by atoms with van der Waals surface area (Å²) in [4.78, 5) is 17.1. The number of nitrogens with zero attached hydrogens (tertiary/aromatic N) is 1. The average Bonchev–Trinajstić information content (AvgIpc) is 2.47. The maximum absolute atomic E-state index is 13.5. The van der Waals surface area contributed by atoms with Crippen LogP contribution in [-0.2, 0) is 9.63 Å². The van der Waals surface area contributed by atoms with Gasteiger partial charge in [0.15, 0.2) is 0 Å². The Balaban J connectivity index is 2.23. The van der Waals surface area contributed by atoms with E-state index >= 15 is 0 Å². The summed E-state index contributed by atoms with van der Waals surface area (Å²) in [6.45, 7) is 0. The Hall–Kier alpha value is -2.14. The van der Waals surface area contributed by atoms with Gasteiger partial charge in [0.05, 0.1) is 12.7 Å². The minimum atomic E-state index is -1.09. The number of amides is 1. The summed E-state index contributed by atoms with van der Waals surface area (Å²) in [6.07, 6.45) is 2.11. The first-order valence-corrected chi connectivity index (χ1v) is 6.32. The molecule has 5 heteroatoms. The molecule has 0 radical (unpaired) electrons. The van der Waals surface area contributed by atoms with Crippen molar-refractivity contribution in [3.63, 3.8) is 0 Å². The normalized spacial score (nSPS) is 18.1. The van der Waals surface area contributed by atoms with Crippen LogP contribution in [0.2, 0.25) is 0 Å². The minimum absolute atomic E-state index is 0.193. The van der Waals surface area contributed by atoms with Gasteiger partial charge in [0.25, 0.3) is 5.91 Å². The molecule has 1 unspecified atom stereocenters. The Morgan fingerprint density at radius 1 is 1.40 bits per heavy atom. The van der Waals surface area contributed by atoms with Crippen molar-refractivity contribution in [2.45, 2.75) is 12.6 Å². The van der Waals surface area contributed by atoms with Crippen molar-refractivity contribution in [2.24, 2.45) is 0 Å². The lowest BCUT2D eigenvalue weighted by molar-refractivity contribution is -0.163. The molecule has 106 valence electrons. The lowest BCUT2D eigenvalue weighted by Crippen LogP contribution is -2.30. The molecule has 1 aromatic carbocycles. The second kappa shape index (κ2) is 6.34. The molecule has 0 spiro atoms. The number of para-hydroxylation sites is 1. The van der Waals surface area contributed by atoms with Crippen molar-refractivity contribution in [2.75, 3.05) is 19.5 Å². The van der Waals surface area contributed by atoms with E-state index in [1.807, 2.05) is 30.3 Å². The molecule has 1 atom stereocenters. The standard InChI is InChI=1S/C15H17FN2O2/c1-18(20-2)15(19)13-9-8-11(16)10-14(13)17-12-6-4-3-5-7-12/h3-7,9-11,17H,8H2,1-2H3. The fourth-order valence-corrected chi connectivity index (χ4v) is 1.92. The van der Waals surface area contributed by atoms with E-state index in [4.69, 9.17) is 4.84 Å². The summed E-state index contributed by atoms with van der Waals surface area (Å²) in [5.41, 5.74) is 1.67. The molecule has 1 aromatic rings. The monoisotopic (exact) mass is 276 g/mol. The van der Waals surface area contributed by atoms with Crippen LogP contribution in [0.5, 0.6) is 0 Å². The number of likely N-dealkylation sites (N-methyl/N-ethyl adjacent to an activating group) is 1. The average molecular weight is 276 g/mol. The number of halogens is 1. The molecule has 0 heterocycles. The summed E-state index contributed by atoms with van der Waals surface area (Å²) < 4.78 is 13.5. The number of carbonyl (C=O) groups excluding carboxylic acids is 1. The SMILES string of the molecule is CON(C)C(=O)C1=CCC(F)C=C1Nc1ccccc1. The number of benzene rings is 1. The van der Waals surface area contributed by atoms with Gasteiger partial charge in [-0.1, -0.05) is 24.3 Å². The Morgan fingerprint density at radius 2 is 2.10 bits per heavy atom. The van der Waals surface area contributed by atoms with Gasteiger partial charge in [-0.15, -0.1) is 0 Å². The molecule has 0 aromatic heterocycles. The van der Waals surface area contributed by atoms with Crippen LogP contribution in [0, 0.1) is 0 Å². The van der Waals surface area contributed by atoms with Gasteiger partial charge in [0, 0.05) is 24.9 Å². The highest BCUT2D eigenvalue weighted by Crippen LogP contribution is 2.24. The zero-order chi connectivity index (χ0) is 14.5. The molecule has 20 heavy (non-hydrogen) atoms. The topological polar surface area (TPSA) is 41.6 Å². The molecule has 0 bridgehead atoms. The van der Waals surface area contributed by atoms with Crippen LogP contribution in [0.25, 0.3) is 0 Å². The molecule has 1 amide bonds. The zero-order valence-electron chi connectivity index (χ0n) is 11.5. The number of hydrogen-bond acceptors (Lipinski definition) is 3. The fourth-order valence-electron chi connectivity index (χ4n) is 1.92. The van der Waals surface area contributed by atoms with Gasteiger partial charge in [0.2, 0.25) is 0 Å². The second-order valence-corrected chi connectivity index (χ2v) is 4.43. The summed E-state index contributed by atoms with van der Waals surface area (Å²) >= 11 is 0. The highest BCUT2D eigenvalue weighted by atomic mass is 19.1. The van der Waals surface area contributed by atoms with Crippen LogP contribution in [0.4, 0.5) is 10.1 Å². The molecular weight excluding hydrogens is 259 g/mol. The van der Waals surface area contributed by atoms with E-state index in [1.54, 1.807) is 6.08 Å². The Morgan fingerprint density at radius 3 is 2.75 bits per heavy atom. The van der Waals surface area contributed by atoms with Crippen LogP contribution in [-0.4, -0.2) is 31.3 Å². The maximum atomic E-state index is 13.5. The first kappa shape index (κ1) is 14.3. The van der Waals surface area contributed by atoms with Crippen molar-refractivity contribution in [3.8, 4) is 0 Å². The van der Waals surface area contributed by atoms with Crippen LogP contribution < -0.4 is 5.32 Å². The van der Waals surface area contributed by atoms with Crippen LogP contribution in [0.3, 0.4) is 0 Å². The second-order valence-electron chi connectivity index (χ2n) is 4.43. The summed E-state index contributed by atoms with van der Waals surface area (Å²) in [5.74, 6) is -0.311. The molecule has 4 nitrogen and oxygen atoms in total. The molecule has 1 aliphatic rings.